The number of hydrogen-bond acceptors (Lipinski definition) is 7. The van der Waals surface area contributed by atoms with Gasteiger partial charge >= 0.3 is 0 Å². The topological polar surface area (TPSA) is 85.2 Å². The molecule has 1 unspecified atom stereocenters. The highest BCUT2D eigenvalue weighted by Gasteiger charge is 2.27. The predicted molar refractivity (Wildman–Crippen MR) is 113 cm³/mol. The Morgan fingerprint density at radius 2 is 2.07 bits per heavy atom. The van der Waals surface area contributed by atoms with E-state index in [9.17, 15) is 10.1 Å². The predicted octanol–water partition coefficient (Wildman–Crippen LogP) is 2.43. The lowest BCUT2D eigenvalue weighted by Gasteiger charge is -2.38. The third-order valence-electron chi connectivity index (χ3n) is 4.77. The molecule has 7 nitrogen and oxygen atoms in total. The first kappa shape index (κ1) is 20.4. The molecule has 1 aliphatic rings. The van der Waals surface area contributed by atoms with Crippen molar-refractivity contribution >= 4 is 34.6 Å². The number of carbonyl (C=O) groups excluding carboxylic acids is 1. The summed E-state index contributed by atoms with van der Waals surface area (Å²) in [7, 11) is 3.96. The van der Waals surface area contributed by atoms with Gasteiger partial charge in [0.25, 0.3) is 0 Å². The molecule has 0 radical (unpaired) electrons. The number of carbonyl (C=O) groups is 1. The first-order chi connectivity index (χ1) is 13.5. The molecule has 1 fully saturated rings. The fourth-order valence-electron chi connectivity index (χ4n) is 3.66. The van der Waals surface area contributed by atoms with Gasteiger partial charge in [-0.3, -0.25) is 19.1 Å². The van der Waals surface area contributed by atoms with Gasteiger partial charge in [0.1, 0.15) is 17.1 Å². The lowest BCUT2D eigenvalue weighted by Crippen LogP contribution is -2.50. The molecule has 1 saturated heterocycles. The minimum atomic E-state index is 0.0953. The molecule has 0 spiro atoms. The number of nitriles is 1. The van der Waals surface area contributed by atoms with Gasteiger partial charge in [0.15, 0.2) is 0 Å². The second-order valence-electron chi connectivity index (χ2n) is 7.40. The lowest BCUT2D eigenvalue weighted by molar-refractivity contribution is -0.121. The molecular formula is C20H26N6OS. The Bertz CT molecular complexity index is 881. The number of aromatic nitrogens is 2. The van der Waals surface area contributed by atoms with Gasteiger partial charge in [-0.25, -0.2) is 0 Å². The average molecular weight is 399 g/mol. The number of hydrogen-bond donors (Lipinski definition) is 1. The molecule has 2 heterocycles. The average Bonchev–Trinajstić information content (AvgIpc) is 2.66. The zero-order valence-electron chi connectivity index (χ0n) is 16.6. The van der Waals surface area contributed by atoms with Crippen molar-refractivity contribution in [2.75, 3.05) is 37.8 Å². The molecule has 1 N–H and O–H groups in total. The summed E-state index contributed by atoms with van der Waals surface area (Å²) in [6.45, 7) is 3.82. The van der Waals surface area contributed by atoms with Crippen LogP contribution in [0, 0.1) is 17.2 Å². The van der Waals surface area contributed by atoms with Crippen LogP contribution in [0.1, 0.15) is 25.3 Å². The van der Waals surface area contributed by atoms with Crippen molar-refractivity contribution in [3.8, 4) is 6.07 Å². The molecule has 1 aliphatic heterocycles. The molecular weight excluding hydrogens is 372 g/mol. The maximum Gasteiger partial charge on any atom is 0.221 e. The summed E-state index contributed by atoms with van der Waals surface area (Å²) >= 11 is 1.64. The van der Waals surface area contributed by atoms with Gasteiger partial charge in [0, 0.05) is 43.7 Å². The molecule has 0 aliphatic carbocycles. The van der Waals surface area contributed by atoms with Crippen LogP contribution in [0.25, 0.3) is 11.0 Å². The molecule has 2 aromatic rings. The molecule has 2 atom stereocenters. The van der Waals surface area contributed by atoms with E-state index in [2.05, 4.69) is 33.2 Å². The van der Waals surface area contributed by atoms with E-state index >= 15 is 0 Å². The van der Waals surface area contributed by atoms with Crippen molar-refractivity contribution in [1.29, 1.82) is 5.26 Å². The van der Waals surface area contributed by atoms with Crippen LogP contribution in [0.15, 0.2) is 24.5 Å². The van der Waals surface area contributed by atoms with Crippen molar-refractivity contribution in [2.45, 2.75) is 25.8 Å². The van der Waals surface area contributed by atoms with Crippen molar-refractivity contribution in [3.63, 3.8) is 0 Å². The van der Waals surface area contributed by atoms with Crippen LogP contribution in [0.3, 0.4) is 0 Å². The standard InChI is InChI=1S/C20H26N6OS/c1-14-10-16(24-18(27)6-9-28-25(2)3)13-26(12-14)17-5-4-15(11-21)19-20(17)23-8-7-22-19/h4-5,7-8,14,16H,6,9-10,12-13H2,1-3H3,(H,24,27)/t14-,16?/m0/s1. The molecule has 8 heteroatoms. The maximum absolute atomic E-state index is 12.3. The van der Waals surface area contributed by atoms with Crippen LogP contribution in [0.2, 0.25) is 0 Å². The summed E-state index contributed by atoms with van der Waals surface area (Å²) in [5.41, 5.74) is 2.86. The van der Waals surface area contributed by atoms with Crippen LogP contribution < -0.4 is 10.2 Å². The second-order valence-corrected chi connectivity index (χ2v) is 8.80. The highest BCUT2D eigenvalue weighted by Crippen LogP contribution is 2.30. The first-order valence-corrected chi connectivity index (χ1v) is 10.4. The minimum absolute atomic E-state index is 0.0953. The highest BCUT2D eigenvalue weighted by molar-refractivity contribution is 7.96. The quantitative estimate of drug-likeness (QED) is 0.748. The summed E-state index contributed by atoms with van der Waals surface area (Å²) < 4.78 is 2.01. The van der Waals surface area contributed by atoms with E-state index in [1.54, 1.807) is 30.4 Å². The number of piperidine rings is 1. The summed E-state index contributed by atoms with van der Waals surface area (Å²) in [5.74, 6) is 1.32. The normalized spacial score (nSPS) is 19.6. The Labute approximate surface area is 170 Å². The molecule has 1 aromatic heterocycles. The second kappa shape index (κ2) is 9.22. The van der Waals surface area contributed by atoms with E-state index in [1.165, 1.54) is 0 Å². The van der Waals surface area contributed by atoms with Crippen molar-refractivity contribution in [3.05, 3.63) is 30.1 Å². The van der Waals surface area contributed by atoms with Gasteiger partial charge in [-0.1, -0.05) is 18.9 Å². The Hall–Kier alpha value is -2.37. The molecule has 148 valence electrons. The number of benzene rings is 1. The monoisotopic (exact) mass is 398 g/mol. The molecule has 0 saturated carbocycles. The Morgan fingerprint density at radius 1 is 1.32 bits per heavy atom. The van der Waals surface area contributed by atoms with E-state index < -0.39 is 0 Å². The minimum Gasteiger partial charge on any atom is -0.367 e. The van der Waals surface area contributed by atoms with E-state index in [1.807, 2.05) is 24.5 Å². The third kappa shape index (κ3) is 4.91. The number of nitrogens with one attached hydrogen (secondary N) is 1. The van der Waals surface area contributed by atoms with Gasteiger partial charge in [-0.05, 0) is 38.6 Å². The van der Waals surface area contributed by atoms with Crippen LogP contribution in [0.5, 0.6) is 0 Å². The Morgan fingerprint density at radius 3 is 2.79 bits per heavy atom. The zero-order valence-corrected chi connectivity index (χ0v) is 17.4. The van der Waals surface area contributed by atoms with E-state index in [0.717, 1.165) is 36.5 Å². The molecule has 28 heavy (non-hydrogen) atoms. The molecule has 3 rings (SSSR count). The van der Waals surface area contributed by atoms with E-state index in [0.29, 0.717) is 23.4 Å². The van der Waals surface area contributed by atoms with Gasteiger partial charge in [0.2, 0.25) is 5.91 Å². The fourth-order valence-corrected chi connectivity index (χ4v) is 4.30. The Kier molecular flexibility index (Phi) is 6.70. The Balaban J connectivity index is 1.74. The molecule has 1 aromatic carbocycles. The SMILES string of the molecule is C[C@H]1CC(NC(=O)CCSN(C)C)CN(c2ccc(C#N)c3nccnc23)C1. The van der Waals surface area contributed by atoms with Gasteiger partial charge in [0.05, 0.1) is 11.3 Å². The lowest BCUT2D eigenvalue weighted by atomic mass is 9.95. The van der Waals surface area contributed by atoms with Crippen LogP contribution in [-0.4, -0.2) is 59.2 Å². The summed E-state index contributed by atoms with van der Waals surface area (Å²) in [5, 5.41) is 12.5. The van der Waals surface area contributed by atoms with E-state index in [-0.39, 0.29) is 11.9 Å². The van der Waals surface area contributed by atoms with Gasteiger partial charge in [-0.2, -0.15) is 5.26 Å². The van der Waals surface area contributed by atoms with Crippen LogP contribution in [-0.2, 0) is 4.79 Å². The number of nitrogens with zero attached hydrogens (tertiary/aromatic N) is 5. The fraction of sp³-hybridized carbons (Fsp3) is 0.500. The largest absolute Gasteiger partial charge is 0.367 e. The van der Waals surface area contributed by atoms with Crippen LogP contribution in [0.4, 0.5) is 5.69 Å². The van der Waals surface area contributed by atoms with Crippen LogP contribution >= 0.6 is 11.9 Å². The van der Waals surface area contributed by atoms with Gasteiger partial charge in [-0.15, -0.1) is 0 Å². The highest BCUT2D eigenvalue weighted by atomic mass is 32.2. The number of anilines is 1. The summed E-state index contributed by atoms with van der Waals surface area (Å²) in [6, 6.07) is 6.04. The first-order valence-electron chi connectivity index (χ1n) is 9.46. The van der Waals surface area contributed by atoms with Crippen molar-refractivity contribution in [1.82, 2.24) is 19.6 Å². The zero-order chi connectivity index (χ0) is 20.1. The van der Waals surface area contributed by atoms with Crippen molar-refractivity contribution < 1.29 is 4.79 Å². The molecule has 1 amide bonds. The number of fused-ring (bicyclic) bond motifs is 1. The summed E-state index contributed by atoms with van der Waals surface area (Å²) in [4.78, 5) is 23.4. The smallest absolute Gasteiger partial charge is 0.221 e. The van der Waals surface area contributed by atoms with Crippen molar-refractivity contribution in [2.24, 2.45) is 5.92 Å². The molecule has 0 bridgehead atoms. The van der Waals surface area contributed by atoms with Gasteiger partial charge < -0.3 is 10.2 Å². The van der Waals surface area contributed by atoms with E-state index in [4.69, 9.17) is 0 Å². The summed E-state index contributed by atoms with van der Waals surface area (Å²) in [6.07, 6.45) is 4.74. The number of rotatable bonds is 6. The number of amides is 1. The maximum atomic E-state index is 12.3. The third-order valence-corrected chi connectivity index (χ3v) is 5.67.